The molecule has 0 saturated heterocycles. The molecule has 0 aliphatic carbocycles. The second-order valence-corrected chi connectivity index (χ2v) is 5.96. The van der Waals surface area contributed by atoms with Crippen molar-refractivity contribution in [2.75, 3.05) is 5.43 Å². The molecule has 118 valence electrons. The quantitative estimate of drug-likeness (QED) is 0.692. The monoisotopic (exact) mass is 328 g/mol. The molecule has 2 heterocycles. The van der Waals surface area contributed by atoms with Gasteiger partial charge in [-0.3, -0.25) is 5.43 Å². The number of hydrogen-bond donors (Lipinski definition) is 1. The van der Waals surface area contributed by atoms with Crippen LogP contribution in [0.4, 0.5) is 5.69 Å². The molecule has 1 aliphatic rings. The van der Waals surface area contributed by atoms with Crippen LogP contribution in [0.1, 0.15) is 36.5 Å². The van der Waals surface area contributed by atoms with Gasteiger partial charge in [0.2, 0.25) is 5.71 Å². The lowest BCUT2D eigenvalue weighted by Gasteiger charge is -2.06. The zero-order chi connectivity index (χ0) is 16.2. The summed E-state index contributed by atoms with van der Waals surface area (Å²) in [5.74, 6) is 1.45. The standard InChI is InChI=1S/C16H17ClN6/c1-11-6-7-12(9-13(11)17)19-20-14(10-18)16-22-21-15-5-3-2-4-8-23(15)16/h6-7,9,19H,2-5,8H2,1H3. The first kappa shape index (κ1) is 15.5. The molecule has 1 N–H and O–H groups in total. The fourth-order valence-electron chi connectivity index (χ4n) is 2.57. The maximum Gasteiger partial charge on any atom is 0.205 e. The Balaban J connectivity index is 1.86. The maximum absolute atomic E-state index is 9.42. The highest BCUT2D eigenvalue weighted by Gasteiger charge is 2.18. The average Bonchev–Trinajstić information content (AvgIpc) is 2.80. The molecular weight excluding hydrogens is 312 g/mol. The summed E-state index contributed by atoms with van der Waals surface area (Å²) in [6, 6.07) is 7.64. The number of fused-ring (bicyclic) bond motifs is 1. The Kier molecular flexibility index (Phi) is 4.58. The second-order valence-electron chi connectivity index (χ2n) is 5.55. The Morgan fingerprint density at radius 1 is 1.35 bits per heavy atom. The van der Waals surface area contributed by atoms with E-state index in [1.54, 1.807) is 6.07 Å². The number of aryl methyl sites for hydroxylation is 2. The Labute approximate surface area is 139 Å². The van der Waals surface area contributed by atoms with E-state index >= 15 is 0 Å². The van der Waals surface area contributed by atoms with Crippen molar-refractivity contribution in [2.45, 2.75) is 39.2 Å². The van der Waals surface area contributed by atoms with Gasteiger partial charge in [-0.15, -0.1) is 10.2 Å². The summed E-state index contributed by atoms with van der Waals surface area (Å²) >= 11 is 6.10. The molecule has 0 saturated carbocycles. The Morgan fingerprint density at radius 2 is 2.22 bits per heavy atom. The molecule has 0 bridgehead atoms. The second kappa shape index (κ2) is 6.80. The van der Waals surface area contributed by atoms with Gasteiger partial charge in [0.15, 0.2) is 5.82 Å². The Hall–Kier alpha value is -2.39. The van der Waals surface area contributed by atoms with Gasteiger partial charge in [0.05, 0.1) is 5.69 Å². The predicted molar refractivity (Wildman–Crippen MR) is 89.5 cm³/mol. The van der Waals surface area contributed by atoms with Crippen LogP contribution >= 0.6 is 11.6 Å². The van der Waals surface area contributed by atoms with E-state index in [1.165, 1.54) is 6.42 Å². The van der Waals surface area contributed by atoms with Gasteiger partial charge >= 0.3 is 0 Å². The lowest BCUT2D eigenvalue weighted by molar-refractivity contribution is 0.628. The highest BCUT2D eigenvalue weighted by Crippen LogP contribution is 2.20. The van der Waals surface area contributed by atoms with Gasteiger partial charge in [0.1, 0.15) is 11.9 Å². The highest BCUT2D eigenvalue weighted by atomic mass is 35.5. The molecule has 1 aliphatic heterocycles. The van der Waals surface area contributed by atoms with Crippen LogP contribution in [0.25, 0.3) is 0 Å². The molecule has 0 atom stereocenters. The van der Waals surface area contributed by atoms with Gasteiger partial charge in [0, 0.05) is 18.0 Å². The first-order valence-electron chi connectivity index (χ1n) is 7.61. The summed E-state index contributed by atoms with van der Waals surface area (Å²) in [6.07, 6.45) is 4.24. The number of nitrogens with one attached hydrogen (secondary N) is 1. The van der Waals surface area contributed by atoms with Gasteiger partial charge in [-0.25, -0.2) is 0 Å². The topological polar surface area (TPSA) is 78.9 Å². The molecule has 6 nitrogen and oxygen atoms in total. The fraction of sp³-hybridized carbons (Fsp3) is 0.375. The van der Waals surface area contributed by atoms with E-state index in [-0.39, 0.29) is 5.71 Å². The minimum Gasteiger partial charge on any atom is -0.309 e. The van der Waals surface area contributed by atoms with Crippen LogP contribution in [0.5, 0.6) is 0 Å². The average molecular weight is 329 g/mol. The number of nitrogens with zero attached hydrogens (tertiary/aromatic N) is 5. The van der Waals surface area contributed by atoms with Gasteiger partial charge in [-0.05, 0) is 37.5 Å². The molecule has 0 unspecified atom stereocenters. The van der Waals surface area contributed by atoms with E-state index in [0.717, 1.165) is 42.9 Å². The number of benzene rings is 1. The Morgan fingerprint density at radius 3 is 3.00 bits per heavy atom. The minimum absolute atomic E-state index is 0.224. The van der Waals surface area contributed by atoms with Crippen LogP contribution in [0.3, 0.4) is 0 Å². The van der Waals surface area contributed by atoms with E-state index in [9.17, 15) is 5.26 Å². The van der Waals surface area contributed by atoms with E-state index < -0.39 is 0 Å². The SMILES string of the molecule is Cc1ccc(NN=C(C#N)c2nnc3n2CCCCC3)cc1Cl. The molecule has 1 aromatic heterocycles. The predicted octanol–water partition coefficient (Wildman–Crippen LogP) is 3.31. The molecule has 0 spiro atoms. The van der Waals surface area contributed by atoms with E-state index in [2.05, 4.69) is 26.8 Å². The van der Waals surface area contributed by atoms with Gasteiger partial charge in [0.25, 0.3) is 0 Å². The third-order valence-corrected chi connectivity index (χ3v) is 4.30. The molecule has 0 radical (unpaired) electrons. The molecule has 7 heteroatoms. The number of hydrazone groups is 1. The van der Waals surface area contributed by atoms with Gasteiger partial charge in [-0.2, -0.15) is 10.4 Å². The lowest BCUT2D eigenvalue weighted by Crippen LogP contribution is -2.12. The van der Waals surface area contributed by atoms with Crippen LogP contribution in [-0.4, -0.2) is 20.5 Å². The summed E-state index contributed by atoms with van der Waals surface area (Å²) in [4.78, 5) is 0. The van der Waals surface area contributed by atoms with E-state index in [0.29, 0.717) is 10.8 Å². The number of nitriles is 1. The van der Waals surface area contributed by atoms with Crippen molar-refractivity contribution in [3.63, 3.8) is 0 Å². The summed E-state index contributed by atoms with van der Waals surface area (Å²) < 4.78 is 2.00. The smallest absolute Gasteiger partial charge is 0.205 e. The first-order valence-corrected chi connectivity index (χ1v) is 7.99. The maximum atomic E-state index is 9.42. The zero-order valence-corrected chi connectivity index (χ0v) is 13.6. The minimum atomic E-state index is 0.224. The number of aromatic nitrogens is 3. The van der Waals surface area contributed by atoms with Gasteiger partial charge < -0.3 is 4.57 Å². The van der Waals surface area contributed by atoms with E-state index in [4.69, 9.17) is 11.6 Å². The van der Waals surface area contributed by atoms with E-state index in [1.807, 2.05) is 23.6 Å². The van der Waals surface area contributed by atoms with Crippen molar-refractivity contribution in [1.29, 1.82) is 5.26 Å². The first-order chi connectivity index (χ1) is 11.2. The molecule has 1 aromatic carbocycles. The zero-order valence-electron chi connectivity index (χ0n) is 12.9. The van der Waals surface area contributed by atoms with Crippen molar-refractivity contribution >= 4 is 23.0 Å². The number of rotatable bonds is 3. The normalized spacial score (nSPS) is 14.7. The van der Waals surface area contributed by atoms with Gasteiger partial charge in [-0.1, -0.05) is 24.1 Å². The van der Waals surface area contributed by atoms with Crippen LogP contribution in [-0.2, 0) is 13.0 Å². The highest BCUT2D eigenvalue weighted by molar-refractivity contribution is 6.31. The summed E-state index contributed by atoms with van der Waals surface area (Å²) in [5, 5.41) is 22.6. The Bertz CT molecular complexity index is 786. The molecule has 3 rings (SSSR count). The lowest BCUT2D eigenvalue weighted by atomic mass is 10.2. The molecule has 0 fully saturated rings. The largest absolute Gasteiger partial charge is 0.309 e. The van der Waals surface area contributed by atoms with Crippen molar-refractivity contribution in [3.05, 3.63) is 40.4 Å². The molecule has 23 heavy (non-hydrogen) atoms. The number of anilines is 1. The van der Waals surface area contributed by atoms with Crippen LogP contribution in [0.2, 0.25) is 5.02 Å². The summed E-state index contributed by atoms with van der Waals surface area (Å²) in [6.45, 7) is 2.76. The van der Waals surface area contributed by atoms with Crippen LogP contribution in [0, 0.1) is 18.3 Å². The van der Waals surface area contributed by atoms with Crippen LogP contribution < -0.4 is 5.43 Å². The van der Waals surface area contributed by atoms with Crippen molar-refractivity contribution in [2.24, 2.45) is 5.10 Å². The van der Waals surface area contributed by atoms with Crippen LogP contribution in [0.15, 0.2) is 23.3 Å². The summed E-state index contributed by atoms with van der Waals surface area (Å²) in [5.41, 5.74) is 4.81. The third-order valence-electron chi connectivity index (χ3n) is 3.90. The van der Waals surface area contributed by atoms with Crippen molar-refractivity contribution in [3.8, 4) is 6.07 Å². The molecule has 2 aromatic rings. The third kappa shape index (κ3) is 3.35. The van der Waals surface area contributed by atoms with Crippen molar-refractivity contribution < 1.29 is 0 Å². The number of hydrogen-bond acceptors (Lipinski definition) is 5. The van der Waals surface area contributed by atoms with Crippen molar-refractivity contribution in [1.82, 2.24) is 14.8 Å². The number of halogens is 1. The fourth-order valence-corrected chi connectivity index (χ4v) is 2.75. The molecule has 0 amide bonds. The summed E-state index contributed by atoms with van der Waals surface area (Å²) in [7, 11) is 0. The molecular formula is C16H17ClN6.